The Bertz CT molecular complexity index is 679. The number of hydrogen-bond donors (Lipinski definition) is 2. The van der Waals surface area contributed by atoms with Crippen molar-refractivity contribution in [2.75, 3.05) is 11.4 Å². The lowest BCUT2D eigenvalue weighted by Crippen LogP contribution is -2.45. The number of nitrogens with two attached hydrogens (primary N) is 1. The van der Waals surface area contributed by atoms with Crippen LogP contribution in [0.15, 0.2) is 23.3 Å². The Morgan fingerprint density at radius 1 is 1.48 bits per heavy atom. The monoisotopic (exact) mass is 334 g/mol. The molecule has 1 aliphatic heterocycles. The van der Waals surface area contributed by atoms with E-state index in [1.165, 1.54) is 6.21 Å². The molecule has 0 atom stereocenters. The maximum atomic E-state index is 14.5. The number of benzene rings is 1. The van der Waals surface area contributed by atoms with Crippen LogP contribution in [0.4, 0.5) is 10.1 Å². The maximum Gasteiger partial charge on any atom is 0.184 e. The van der Waals surface area contributed by atoms with Gasteiger partial charge >= 0.3 is 0 Å². The molecule has 1 aromatic rings. The molecule has 0 amide bonds. The van der Waals surface area contributed by atoms with Crippen molar-refractivity contribution in [1.82, 2.24) is 5.43 Å². The number of hydrazone groups is 1. The number of rotatable bonds is 4. The first-order chi connectivity index (χ1) is 10.8. The van der Waals surface area contributed by atoms with Crippen LogP contribution in [0.2, 0.25) is 0 Å². The molecule has 2 rings (SSSR count). The van der Waals surface area contributed by atoms with Crippen LogP contribution in [0.5, 0.6) is 0 Å². The first-order valence-corrected chi connectivity index (χ1v) is 8.06. The number of hydrogen-bond acceptors (Lipinski definition) is 3. The van der Waals surface area contributed by atoms with Crippen molar-refractivity contribution >= 4 is 34.8 Å². The third kappa shape index (κ3) is 3.69. The van der Waals surface area contributed by atoms with Gasteiger partial charge in [-0.25, -0.2) is 4.39 Å². The molecule has 0 saturated carbocycles. The van der Waals surface area contributed by atoms with Gasteiger partial charge in [-0.2, -0.15) is 5.10 Å². The highest BCUT2D eigenvalue weighted by Gasteiger charge is 2.31. The van der Waals surface area contributed by atoms with Crippen molar-refractivity contribution in [2.45, 2.75) is 39.7 Å². The second-order valence-corrected chi connectivity index (χ2v) is 6.70. The number of nitrogens with one attached hydrogen (secondary N) is 1. The number of allylic oxidation sites excluding steroid dienone is 1. The van der Waals surface area contributed by atoms with E-state index in [0.29, 0.717) is 5.56 Å². The molecule has 0 aliphatic carbocycles. The summed E-state index contributed by atoms with van der Waals surface area (Å²) in [5.41, 5.74) is 11.1. The number of halogens is 1. The largest absolute Gasteiger partial charge is 0.375 e. The van der Waals surface area contributed by atoms with Gasteiger partial charge in [0.15, 0.2) is 5.11 Å². The standard InChI is InChI=1S/C17H23FN4S/c1-5-6-22-15-8-14(18)12(10-20-21-16(19)23)7-13(15)11(2)9-17(22,3)4/h7-10H,5-6H2,1-4H3,(H3,19,21,23)/b20-10-. The van der Waals surface area contributed by atoms with Gasteiger partial charge in [0, 0.05) is 23.4 Å². The van der Waals surface area contributed by atoms with Gasteiger partial charge in [0.05, 0.1) is 11.8 Å². The fourth-order valence-corrected chi connectivity index (χ4v) is 3.06. The average molecular weight is 334 g/mol. The maximum absolute atomic E-state index is 14.5. The molecular weight excluding hydrogens is 311 g/mol. The zero-order chi connectivity index (χ0) is 17.2. The highest BCUT2D eigenvalue weighted by Crippen LogP contribution is 2.39. The lowest BCUT2D eigenvalue weighted by molar-refractivity contribution is 0.546. The molecule has 0 bridgehead atoms. The van der Waals surface area contributed by atoms with E-state index in [2.05, 4.69) is 61.4 Å². The van der Waals surface area contributed by atoms with Gasteiger partial charge < -0.3 is 10.6 Å². The summed E-state index contributed by atoms with van der Waals surface area (Å²) in [7, 11) is 0. The molecule has 124 valence electrons. The van der Waals surface area contributed by atoms with Gasteiger partial charge in [-0.05, 0) is 57.1 Å². The Kier molecular flexibility index (Phi) is 5.04. The average Bonchev–Trinajstić information content (AvgIpc) is 2.43. The summed E-state index contributed by atoms with van der Waals surface area (Å²) >= 11 is 4.67. The molecule has 3 N–H and O–H groups in total. The SMILES string of the molecule is CCCN1c2cc(F)c(/C=N\NC(N)=S)cc2C(C)=CC1(C)C. The van der Waals surface area contributed by atoms with Crippen LogP contribution in [0.1, 0.15) is 45.2 Å². The highest BCUT2D eigenvalue weighted by atomic mass is 32.1. The van der Waals surface area contributed by atoms with Gasteiger partial charge in [-0.3, -0.25) is 5.43 Å². The van der Waals surface area contributed by atoms with Crippen molar-refractivity contribution in [3.63, 3.8) is 0 Å². The minimum atomic E-state index is -0.316. The second kappa shape index (κ2) is 6.66. The van der Waals surface area contributed by atoms with E-state index in [0.717, 1.165) is 29.8 Å². The van der Waals surface area contributed by atoms with Crippen LogP contribution in [0, 0.1) is 5.82 Å². The summed E-state index contributed by atoms with van der Waals surface area (Å²) < 4.78 is 14.5. The van der Waals surface area contributed by atoms with E-state index < -0.39 is 0 Å². The lowest BCUT2D eigenvalue weighted by atomic mass is 9.88. The van der Waals surface area contributed by atoms with Crippen LogP contribution in [-0.2, 0) is 0 Å². The quantitative estimate of drug-likeness (QED) is 0.503. The van der Waals surface area contributed by atoms with Gasteiger partial charge in [-0.1, -0.05) is 13.0 Å². The molecule has 4 nitrogen and oxygen atoms in total. The van der Waals surface area contributed by atoms with Crippen molar-refractivity contribution in [3.8, 4) is 0 Å². The van der Waals surface area contributed by atoms with E-state index in [1.54, 1.807) is 6.07 Å². The smallest absolute Gasteiger partial charge is 0.184 e. The molecule has 0 fully saturated rings. The molecule has 0 saturated heterocycles. The summed E-state index contributed by atoms with van der Waals surface area (Å²) in [5.74, 6) is -0.316. The van der Waals surface area contributed by atoms with Crippen molar-refractivity contribution in [1.29, 1.82) is 0 Å². The molecule has 0 spiro atoms. The van der Waals surface area contributed by atoms with Gasteiger partial charge in [-0.15, -0.1) is 0 Å². The van der Waals surface area contributed by atoms with Crippen LogP contribution in [0.25, 0.3) is 5.57 Å². The minimum absolute atomic E-state index is 0.0477. The molecule has 0 radical (unpaired) electrons. The number of nitrogens with zero attached hydrogens (tertiary/aromatic N) is 2. The summed E-state index contributed by atoms with van der Waals surface area (Å²) in [5, 5.41) is 3.89. The fraction of sp³-hybridized carbons (Fsp3) is 0.412. The first-order valence-electron chi connectivity index (χ1n) is 7.65. The van der Waals surface area contributed by atoms with Crippen LogP contribution in [-0.4, -0.2) is 23.4 Å². The first kappa shape index (κ1) is 17.4. The van der Waals surface area contributed by atoms with E-state index >= 15 is 0 Å². The molecule has 0 aromatic heterocycles. The van der Waals surface area contributed by atoms with E-state index in [1.807, 2.05) is 6.07 Å². The molecule has 1 aromatic carbocycles. The Hall–Kier alpha value is -1.95. The Morgan fingerprint density at radius 2 is 2.17 bits per heavy atom. The molecule has 6 heteroatoms. The predicted molar refractivity (Wildman–Crippen MR) is 99.3 cm³/mol. The van der Waals surface area contributed by atoms with E-state index in [4.69, 9.17) is 5.73 Å². The summed E-state index contributed by atoms with van der Waals surface area (Å²) in [6.45, 7) is 9.35. The summed E-state index contributed by atoms with van der Waals surface area (Å²) in [6, 6.07) is 3.41. The topological polar surface area (TPSA) is 53.6 Å². The second-order valence-electron chi connectivity index (χ2n) is 6.26. The zero-order valence-electron chi connectivity index (χ0n) is 14.0. The highest BCUT2D eigenvalue weighted by molar-refractivity contribution is 7.80. The number of thiocarbonyl (C=S) groups is 1. The molecule has 0 unspecified atom stereocenters. The van der Waals surface area contributed by atoms with E-state index in [9.17, 15) is 4.39 Å². The summed E-state index contributed by atoms with van der Waals surface area (Å²) in [4.78, 5) is 2.24. The number of anilines is 1. The van der Waals surface area contributed by atoms with E-state index in [-0.39, 0.29) is 16.5 Å². The van der Waals surface area contributed by atoms with Gasteiger partial charge in [0.2, 0.25) is 0 Å². The van der Waals surface area contributed by atoms with Crippen molar-refractivity contribution in [2.24, 2.45) is 10.8 Å². The molecule has 23 heavy (non-hydrogen) atoms. The molecule has 1 heterocycles. The van der Waals surface area contributed by atoms with Gasteiger partial charge in [0.25, 0.3) is 0 Å². The minimum Gasteiger partial charge on any atom is -0.375 e. The van der Waals surface area contributed by atoms with Crippen molar-refractivity contribution < 1.29 is 4.39 Å². The van der Waals surface area contributed by atoms with Crippen LogP contribution < -0.4 is 16.1 Å². The zero-order valence-corrected chi connectivity index (χ0v) is 14.8. The lowest BCUT2D eigenvalue weighted by Gasteiger charge is -2.43. The third-order valence-corrected chi connectivity index (χ3v) is 4.01. The van der Waals surface area contributed by atoms with Crippen LogP contribution >= 0.6 is 12.2 Å². The van der Waals surface area contributed by atoms with Crippen molar-refractivity contribution in [3.05, 3.63) is 35.2 Å². The summed E-state index contributed by atoms with van der Waals surface area (Å²) in [6.07, 6.45) is 4.61. The Labute approximate surface area is 142 Å². The van der Waals surface area contributed by atoms with Crippen LogP contribution in [0.3, 0.4) is 0 Å². The molecular formula is C17H23FN4S. The molecule has 1 aliphatic rings. The normalized spacial score (nSPS) is 16.2. The Balaban J connectivity index is 2.48. The third-order valence-electron chi connectivity index (χ3n) is 3.92. The fourth-order valence-electron chi connectivity index (χ4n) is 3.01. The Morgan fingerprint density at radius 3 is 2.78 bits per heavy atom. The van der Waals surface area contributed by atoms with Gasteiger partial charge in [0.1, 0.15) is 5.82 Å². The predicted octanol–water partition coefficient (Wildman–Crippen LogP) is 3.40. The number of fused-ring (bicyclic) bond motifs is 1.